The van der Waals surface area contributed by atoms with E-state index in [2.05, 4.69) is 36.1 Å². The molecule has 2 aliphatic rings. The lowest BCUT2D eigenvalue weighted by Crippen LogP contribution is -2.10. The lowest BCUT2D eigenvalue weighted by Gasteiger charge is -2.21. The quantitative estimate of drug-likeness (QED) is 0.311. The van der Waals surface area contributed by atoms with Gasteiger partial charge >= 0.3 is 5.97 Å². The predicted octanol–water partition coefficient (Wildman–Crippen LogP) is 6.46. The summed E-state index contributed by atoms with van der Waals surface area (Å²) in [5.74, 6) is 7.19. The van der Waals surface area contributed by atoms with Gasteiger partial charge in [-0.1, -0.05) is 24.0 Å². The predicted molar refractivity (Wildman–Crippen MR) is 152 cm³/mol. The van der Waals surface area contributed by atoms with Crippen molar-refractivity contribution in [1.29, 1.82) is 0 Å². The van der Waals surface area contributed by atoms with Crippen LogP contribution in [0.5, 0.6) is 5.75 Å². The van der Waals surface area contributed by atoms with Gasteiger partial charge < -0.3 is 14.9 Å². The van der Waals surface area contributed by atoms with Crippen LogP contribution in [0.2, 0.25) is 0 Å². The van der Waals surface area contributed by atoms with Crippen LogP contribution < -0.4 is 4.74 Å². The number of ether oxygens (including phenoxy) is 1. The topological polar surface area (TPSA) is 79.7 Å². The molecule has 0 saturated heterocycles. The van der Waals surface area contributed by atoms with Gasteiger partial charge in [-0.15, -0.1) is 0 Å². The Morgan fingerprint density at radius 2 is 1.89 bits per heavy atom. The van der Waals surface area contributed by atoms with E-state index in [9.17, 15) is 9.90 Å². The number of carboxylic acids is 1. The van der Waals surface area contributed by atoms with Gasteiger partial charge in [0.25, 0.3) is 0 Å². The Bertz CT molecular complexity index is 1600. The average Bonchev–Trinajstić information content (AvgIpc) is 3.68. The van der Waals surface area contributed by atoms with Crippen molar-refractivity contribution in [2.45, 2.75) is 59.0 Å². The molecule has 1 fully saturated rings. The molecule has 3 aromatic carbocycles. The molecule has 2 N–H and O–H groups in total. The summed E-state index contributed by atoms with van der Waals surface area (Å²) in [5, 5.41) is 21.3. The highest BCUT2D eigenvalue weighted by Crippen LogP contribution is 2.42. The van der Waals surface area contributed by atoms with Gasteiger partial charge in [0, 0.05) is 35.0 Å². The first-order chi connectivity index (χ1) is 18.1. The largest absolute Gasteiger partial charge is 0.493 e. The maximum absolute atomic E-state index is 11.8. The van der Waals surface area contributed by atoms with Gasteiger partial charge in [-0.25, -0.2) is 0 Å². The highest BCUT2D eigenvalue weighted by Gasteiger charge is 2.22. The molecule has 38 heavy (non-hydrogen) atoms. The number of rotatable bonds is 3. The van der Waals surface area contributed by atoms with Crippen molar-refractivity contribution >= 4 is 27.6 Å². The number of aromatic nitrogens is 1. The lowest BCUT2D eigenvalue weighted by atomic mass is 9.86. The summed E-state index contributed by atoms with van der Waals surface area (Å²) in [5.41, 5.74) is 6.25. The molecule has 0 spiro atoms. The number of pyridine rings is 1. The number of aryl methyl sites for hydroxylation is 1. The molecule has 5 heteroatoms. The normalized spacial score (nSPS) is 14.2. The summed E-state index contributed by atoms with van der Waals surface area (Å²) < 4.78 is 5.91. The van der Waals surface area contributed by atoms with Crippen molar-refractivity contribution in [1.82, 2.24) is 4.98 Å². The second-order valence-electron chi connectivity index (χ2n) is 11.2. The van der Waals surface area contributed by atoms with Crippen LogP contribution in [0.3, 0.4) is 0 Å². The Morgan fingerprint density at radius 3 is 2.61 bits per heavy atom. The number of hydrogen-bond acceptors (Lipinski definition) is 4. The number of hydrogen-bond donors (Lipinski definition) is 2. The zero-order valence-corrected chi connectivity index (χ0v) is 22.4. The Balaban J connectivity index is 0.000000540. The van der Waals surface area contributed by atoms with Crippen molar-refractivity contribution in [3.8, 4) is 28.7 Å². The van der Waals surface area contributed by atoms with Gasteiger partial charge in [0.1, 0.15) is 5.75 Å². The first-order valence-electron chi connectivity index (χ1n) is 13.1. The number of aliphatic carboxylic acids is 1. The number of nitrogens with zero attached hydrogens (tertiary/aromatic N) is 1. The molecule has 0 atom stereocenters. The van der Waals surface area contributed by atoms with Crippen molar-refractivity contribution in [3.05, 3.63) is 70.9 Å². The van der Waals surface area contributed by atoms with Gasteiger partial charge in [-0.05, 0) is 104 Å². The summed E-state index contributed by atoms with van der Waals surface area (Å²) in [6, 6.07) is 14.4. The molecular formula is C33H33NO4. The lowest BCUT2D eigenvalue weighted by molar-refractivity contribution is -0.136. The average molecular weight is 508 g/mol. The Labute approximate surface area is 223 Å². The second kappa shape index (κ2) is 10.1. The van der Waals surface area contributed by atoms with Crippen LogP contribution in [-0.4, -0.2) is 33.4 Å². The van der Waals surface area contributed by atoms with E-state index < -0.39 is 11.6 Å². The molecule has 194 valence electrons. The van der Waals surface area contributed by atoms with Crippen molar-refractivity contribution in [2.24, 2.45) is 5.92 Å². The van der Waals surface area contributed by atoms with Crippen molar-refractivity contribution in [3.63, 3.8) is 0 Å². The van der Waals surface area contributed by atoms with E-state index in [4.69, 9.17) is 14.8 Å². The third-order valence-electron chi connectivity index (χ3n) is 6.64. The number of carbonyl (C=O) groups is 1. The Hall–Kier alpha value is -3.88. The van der Waals surface area contributed by atoms with Gasteiger partial charge in [-0.3, -0.25) is 9.78 Å². The fourth-order valence-electron chi connectivity index (χ4n) is 4.87. The van der Waals surface area contributed by atoms with Crippen molar-refractivity contribution in [2.75, 3.05) is 6.61 Å². The Morgan fingerprint density at radius 1 is 1.13 bits per heavy atom. The minimum atomic E-state index is -0.843. The van der Waals surface area contributed by atoms with E-state index >= 15 is 0 Å². The first-order valence-corrected chi connectivity index (χ1v) is 13.1. The summed E-state index contributed by atoms with van der Waals surface area (Å²) in [6.07, 6.45) is 5.04. The molecule has 0 bridgehead atoms. The van der Waals surface area contributed by atoms with E-state index in [1.54, 1.807) is 20.8 Å². The first kappa shape index (κ1) is 25.8. The van der Waals surface area contributed by atoms with E-state index in [0.717, 1.165) is 61.7 Å². The van der Waals surface area contributed by atoms with Crippen LogP contribution in [0.4, 0.5) is 0 Å². The minimum Gasteiger partial charge on any atom is -0.493 e. The van der Waals surface area contributed by atoms with E-state index in [0.29, 0.717) is 12.5 Å². The van der Waals surface area contributed by atoms with Crippen LogP contribution in [-0.2, 0) is 17.6 Å². The van der Waals surface area contributed by atoms with Crippen LogP contribution in [0.25, 0.3) is 32.8 Å². The summed E-state index contributed by atoms with van der Waals surface area (Å²) >= 11 is 0. The molecule has 1 aliphatic carbocycles. The van der Waals surface area contributed by atoms with Crippen LogP contribution in [0.15, 0.2) is 48.7 Å². The molecule has 1 aromatic heterocycles. The molecule has 5 nitrogen and oxygen atoms in total. The highest BCUT2D eigenvalue weighted by molar-refractivity contribution is 6.08. The van der Waals surface area contributed by atoms with Gasteiger partial charge in [0.05, 0.1) is 24.1 Å². The molecule has 0 amide bonds. The molecular weight excluding hydrogens is 474 g/mol. The summed E-state index contributed by atoms with van der Waals surface area (Å²) in [6.45, 7) is 7.88. The molecule has 1 aliphatic heterocycles. The van der Waals surface area contributed by atoms with Crippen LogP contribution in [0.1, 0.15) is 55.9 Å². The SMILES string of the molecule is CC(C)(C)O.Cc1cc2cc(C#CC3CC3)ccc2c(-c2ccc3c4c(ccnc24)CCO3)c1CC(=O)O. The molecule has 4 aromatic rings. The number of benzene rings is 3. The number of fused-ring (bicyclic) bond motifs is 1. The third kappa shape index (κ3) is 5.66. The maximum atomic E-state index is 11.8. The molecule has 0 unspecified atom stereocenters. The number of aliphatic hydroxyl groups is 1. The molecule has 2 heterocycles. The fourth-order valence-corrected chi connectivity index (χ4v) is 4.87. The van der Waals surface area contributed by atoms with E-state index in [-0.39, 0.29) is 6.42 Å². The molecule has 1 saturated carbocycles. The monoisotopic (exact) mass is 507 g/mol. The zero-order valence-electron chi connectivity index (χ0n) is 22.4. The molecule has 0 radical (unpaired) electrons. The smallest absolute Gasteiger partial charge is 0.307 e. The van der Waals surface area contributed by atoms with Crippen LogP contribution >= 0.6 is 0 Å². The Kier molecular flexibility index (Phi) is 6.86. The van der Waals surface area contributed by atoms with Gasteiger partial charge in [-0.2, -0.15) is 0 Å². The second-order valence-corrected chi connectivity index (χ2v) is 11.2. The van der Waals surface area contributed by atoms with E-state index in [1.165, 1.54) is 18.4 Å². The number of carboxylic acid groups (broad SMARTS) is 1. The fraction of sp³-hybridized carbons (Fsp3) is 0.333. The highest BCUT2D eigenvalue weighted by atomic mass is 16.5. The van der Waals surface area contributed by atoms with Crippen LogP contribution in [0, 0.1) is 24.7 Å². The summed E-state index contributed by atoms with van der Waals surface area (Å²) in [7, 11) is 0. The maximum Gasteiger partial charge on any atom is 0.307 e. The third-order valence-corrected chi connectivity index (χ3v) is 6.64. The summed E-state index contributed by atoms with van der Waals surface area (Å²) in [4.78, 5) is 16.6. The van der Waals surface area contributed by atoms with Gasteiger partial charge in [0.2, 0.25) is 0 Å². The standard InChI is InChI=1S/C29H23NO3.C4H10O/c1-17-14-21-15-19(5-4-18-2-3-18)6-7-22(21)28(24(17)16-26(31)32)23-8-9-25-27-20(11-13-33-25)10-12-30-29(23)27;1-4(2,3)5/h6-10,12,14-15,18H,2-3,11,13,16H2,1H3,(H,31,32);5H,1-3H3. The van der Waals surface area contributed by atoms with Gasteiger partial charge in [0.15, 0.2) is 0 Å². The molecule has 6 rings (SSSR count). The minimum absolute atomic E-state index is 0.0419. The van der Waals surface area contributed by atoms with Crippen molar-refractivity contribution < 1.29 is 19.7 Å². The zero-order chi connectivity index (χ0) is 27.0. The van der Waals surface area contributed by atoms with E-state index in [1.807, 2.05) is 31.3 Å².